The third-order valence-electron chi connectivity index (χ3n) is 3.06. The van der Waals surface area contributed by atoms with Crippen molar-refractivity contribution >= 4 is 23.6 Å². The molecule has 104 valence electrons. The molecule has 1 heterocycles. The molecule has 0 aliphatic carbocycles. The molecule has 0 aromatic carbocycles. The number of hydrogen-bond donors (Lipinski definition) is 2. The van der Waals surface area contributed by atoms with Crippen LogP contribution in [0, 0.1) is 0 Å². The first kappa shape index (κ1) is 15.3. The van der Waals surface area contributed by atoms with E-state index >= 15 is 0 Å². The van der Waals surface area contributed by atoms with Crippen LogP contribution in [0.2, 0.25) is 0 Å². The van der Waals surface area contributed by atoms with Crippen molar-refractivity contribution in [3.8, 4) is 0 Å². The molecule has 1 atom stereocenters. The number of hydrogen-bond acceptors (Lipinski definition) is 4. The van der Waals surface area contributed by atoms with Crippen LogP contribution >= 0.6 is 11.8 Å². The normalized spacial score (nSPS) is 18.3. The van der Waals surface area contributed by atoms with Gasteiger partial charge in [-0.3, -0.25) is 9.69 Å². The van der Waals surface area contributed by atoms with Crippen molar-refractivity contribution in [2.24, 2.45) is 0 Å². The zero-order chi connectivity index (χ0) is 13.4. The molecular formula is C12H22N2O3S. The molecule has 2 N–H and O–H groups in total. The van der Waals surface area contributed by atoms with E-state index in [0.29, 0.717) is 13.0 Å². The average molecular weight is 274 g/mol. The Bertz CT molecular complexity index is 280. The third kappa shape index (κ3) is 5.73. The molecule has 5 nitrogen and oxygen atoms in total. The number of likely N-dealkylation sites (tertiary alicyclic amines) is 1. The van der Waals surface area contributed by atoms with Gasteiger partial charge in [0.05, 0.1) is 6.54 Å². The van der Waals surface area contributed by atoms with Crippen LogP contribution < -0.4 is 5.32 Å². The maximum absolute atomic E-state index is 11.8. The zero-order valence-corrected chi connectivity index (χ0v) is 11.7. The number of carboxylic acid groups (broad SMARTS) is 1. The second-order valence-corrected chi connectivity index (χ2v) is 5.56. The summed E-state index contributed by atoms with van der Waals surface area (Å²) in [6.45, 7) is 2.20. The molecule has 0 aromatic heterocycles. The van der Waals surface area contributed by atoms with Crippen LogP contribution in [0.1, 0.15) is 25.7 Å². The highest BCUT2D eigenvalue weighted by molar-refractivity contribution is 7.98. The van der Waals surface area contributed by atoms with Gasteiger partial charge in [-0.15, -0.1) is 0 Å². The van der Waals surface area contributed by atoms with E-state index in [-0.39, 0.29) is 5.91 Å². The largest absolute Gasteiger partial charge is 0.480 e. The van der Waals surface area contributed by atoms with Crippen molar-refractivity contribution < 1.29 is 14.7 Å². The van der Waals surface area contributed by atoms with Crippen LogP contribution in [0.5, 0.6) is 0 Å². The van der Waals surface area contributed by atoms with E-state index in [1.165, 1.54) is 6.42 Å². The summed E-state index contributed by atoms with van der Waals surface area (Å²) in [5.41, 5.74) is 0. The first-order valence-corrected chi connectivity index (χ1v) is 7.76. The van der Waals surface area contributed by atoms with Crippen molar-refractivity contribution in [3.05, 3.63) is 0 Å². The summed E-state index contributed by atoms with van der Waals surface area (Å²) in [7, 11) is 0. The van der Waals surface area contributed by atoms with Gasteiger partial charge in [0.15, 0.2) is 0 Å². The highest BCUT2D eigenvalue weighted by atomic mass is 32.2. The molecule has 1 fully saturated rings. The van der Waals surface area contributed by atoms with E-state index < -0.39 is 12.0 Å². The molecular weight excluding hydrogens is 252 g/mol. The predicted molar refractivity (Wildman–Crippen MR) is 72.9 cm³/mol. The highest BCUT2D eigenvalue weighted by Gasteiger charge is 2.21. The molecule has 0 spiro atoms. The van der Waals surface area contributed by atoms with Gasteiger partial charge in [0.25, 0.3) is 0 Å². The molecule has 1 aliphatic rings. The Balaban J connectivity index is 2.32. The Morgan fingerprint density at radius 2 is 2.00 bits per heavy atom. The minimum absolute atomic E-state index is 0.176. The summed E-state index contributed by atoms with van der Waals surface area (Å²) in [6.07, 6.45) is 5.88. The molecule has 1 unspecified atom stereocenters. The van der Waals surface area contributed by atoms with Crippen LogP contribution in [0.4, 0.5) is 0 Å². The van der Waals surface area contributed by atoms with Crippen LogP contribution in [0.25, 0.3) is 0 Å². The molecule has 0 bridgehead atoms. The Labute approximate surface area is 112 Å². The lowest BCUT2D eigenvalue weighted by Crippen LogP contribution is -2.46. The van der Waals surface area contributed by atoms with E-state index in [1.54, 1.807) is 11.8 Å². The Hall–Kier alpha value is -0.750. The van der Waals surface area contributed by atoms with E-state index in [0.717, 1.165) is 31.7 Å². The molecule has 0 aromatic rings. The molecule has 6 heteroatoms. The fourth-order valence-electron chi connectivity index (χ4n) is 2.05. The number of thioether (sulfide) groups is 1. The molecule has 1 amide bonds. The van der Waals surface area contributed by atoms with Crippen molar-refractivity contribution in [1.29, 1.82) is 0 Å². The maximum atomic E-state index is 11.8. The molecule has 1 rings (SSSR count). The van der Waals surface area contributed by atoms with Gasteiger partial charge in [-0.1, -0.05) is 6.42 Å². The SMILES string of the molecule is CSCCC(NC(=O)CN1CCCCC1)C(=O)O. The van der Waals surface area contributed by atoms with Crippen molar-refractivity contribution in [3.63, 3.8) is 0 Å². The van der Waals surface area contributed by atoms with Gasteiger partial charge in [0.2, 0.25) is 5.91 Å². The molecule has 0 radical (unpaired) electrons. The number of carbonyl (C=O) groups excluding carboxylic acids is 1. The summed E-state index contributed by atoms with van der Waals surface area (Å²) < 4.78 is 0. The summed E-state index contributed by atoms with van der Waals surface area (Å²) in [5.74, 6) is -0.387. The topological polar surface area (TPSA) is 69.6 Å². The Kier molecular flexibility index (Phi) is 7.12. The predicted octanol–water partition coefficient (Wildman–Crippen LogP) is 0.795. The lowest BCUT2D eigenvalue weighted by molar-refractivity contribution is -0.142. The first-order chi connectivity index (χ1) is 8.63. The lowest BCUT2D eigenvalue weighted by Gasteiger charge is -2.26. The number of carboxylic acids is 1. The van der Waals surface area contributed by atoms with Gasteiger partial charge in [0.1, 0.15) is 6.04 Å². The molecule has 0 saturated carbocycles. The van der Waals surface area contributed by atoms with Crippen LogP contribution in [0.15, 0.2) is 0 Å². The average Bonchev–Trinajstić information content (AvgIpc) is 2.35. The van der Waals surface area contributed by atoms with Gasteiger partial charge in [-0.05, 0) is 44.4 Å². The maximum Gasteiger partial charge on any atom is 0.326 e. The second kappa shape index (κ2) is 8.37. The summed E-state index contributed by atoms with van der Waals surface area (Å²) in [5, 5.41) is 11.6. The zero-order valence-electron chi connectivity index (χ0n) is 10.9. The van der Waals surface area contributed by atoms with Gasteiger partial charge >= 0.3 is 5.97 Å². The van der Waals surface area contributed by atoms with Gasteiger partial charge in [0, 0.05) is 0 Å². The van der Waals surface area contributed by atoms with Gasteiger partial charge < -0.3 is 10.4 Å². The fourth-order valence-corrected chi connectivity index (χ4v) is 2.53. The monoisotopic (exact) mass is 274 g/mol. The van der Waals surface area contributed by atoms with Crippen molar-refractivity contribution in [1.82, 2.24) is 10.2 Å². The second-order valence-electron chi connectivity index (χ2n) is 4.58. The number of piperidine rings is 1. The fraction of sp³-hybridized carbons (Fsp3) is 0.833. The summed E-state index contributed by atoms with van der Waals surface area (Å²) >= 11 is 1.59. The van der Waals surface area contributed by atoms with Crippen LogP contribution in [-0.4, -0.2) is 59.6 Å². The number of carbonyl (C=O) groups is 2. The quantitative estimate of drug-likeness (QED) is 0.718. The summed E-state index contributed by atoms with van der Waals surface area (Å²) in [4.78, 5) is 24.9. The number of aliphatic carboxylic acids is 1. The first-order valence-electron chi connectivity index (χ1n) is 6.37. The molecule has 1 saturated heterocycles. The van der Waals surface area contributed by atoms with Gasteiger partial charge in [-0.2, -0.15) is 11.8 Å². The minimum Gasteiger partial charge on any atom is -0.480 e. The Morgan fingerprint density at radius 3 is 2.56 bits per heavy atom. The third-order valence-corrected chi connectivity index (χ3v) is 3.70. The highest BCUT2D eigenvalue weighted by Crippen LogP contribution is 2.08. The minimum atomic E-state index is -0.948. The Morgan fingerprint density at radius 1 is 1.33 bits per heavy atom. The standard InChI is InChI=1S/C12H22N2O3S/c1-18-8-5-10(12(16)17)13-11(15)9-14-6-3-2-4-7-14/h10H,2-9H2,1H3,(H,13,15)(H,16,17). The van der Waals surface area contributed by atoms with E-state index in [2.05, 4.69) is 10.2 Å². The number of rotatable bonds is 7. The number of nitrogens with zero attached hydrogens (tertiary/aromatic N) is 1. The van der Waals surface area contributed by atoms with Crippen molar-refractivity contribution in [2.75, 3.05) is 31.6 Å². The van der Waals surface area contributed by atoms with Crippen LogP contribution in [0.3, 0.4) is 0 Å². The van der Waals surface area contributed by atoms with Crippen LogP contribution in [-0.2, 0) is 9.59 Å². The van der Waals surface area contributed by atoms with Gasteiger partial charge in [-0.25, -0.2) is 4.79 Å². The number of nitrogens with one attached hydrogen (secondary N) is 1. The van der Waals surface area contributed by atoms with E-state index in [9.17, 15) is 9.59 Å². The molecule has 1 aliphatic heterocycles. The molecule has 18 heavy (non-hydrogen) atoms. The van der Waals surface area contributed by atoms with E-state index in [1.807, 2.05) is 6.26 Å². The summed E-state index contributed by atoms with van der Waals surface area (Å²) in [6, 6.07) is -0.755. The lowest BCUT2D eigenvalue weighted by atomic mass is 10.1. The van der Waals surface area contributed by atoms with Crippen molar-refractivity contribution in [2.45, 2.75) is 31.7 Å². The number of amides is 1. The smallest absolute Gasteiger partial charge is 0.326 e. The van der Waals surface area contributed by atoms with E-state index in [4.69, 9.17) is 5.11 Å².